The van der Waals surface area contributed by atoms with Crippen LogP contribution in [0, 0.1) is 11.3 Å². The van der Waals surface area contributed by atoms with Gasteiger partial charge in [0.1, 0.15) is 0 Å². The molecule has 2 aromatic carbocycles. The van der Waals surface area contributed by atoms with E-state index in [2.05, 4.69) is 5.32 Å². The third-order valence-electron chi connectivity index (χ3n) is 2.81. The lowest BCUT2D eigenvalue weighted by atomic mass is 10.1. The Labute approximate surface area is 121 Å². The number of anilines is 1. The standard InChI is InChI=1S/C15H12ClN3O/c16-14-6-10(8-17)4-5-12(14)9-19-13-3-1-2-11(7-13)15(18)20/h1-7,19H,9H2,(H2,18,20). The van der Waals surface area contributed by atoms with Gasteiger partial charge in [0.25, 0.3) is 0 Å². The van der Waals surface area contributed by atoms with E-state index >= 15 is 0 Å². The lowest BCUT2D eigenvalue weighted by Crippen LogP contribution is -2.11. The maximum atomic E-state index is 11.1. The maximum Gasteiger partial charge on any atom is 0.248 e. The number of carbonyl (C=O) groups excluding carboxylic acids is 1. The summed E-state index contributed by atoms with van der Waals surface area (Å²) in [5.41, 5.74) is 7.85. The molecule has 0 atom stereocenters. The van der Waals surface area contributed by atoms with Gasteiger partial charge in [-0.1, -0.05) is 23.7 Å². The smallest absolute Gasteiger partial charge is 0.248 e. The summed E-state index contributed by atoms with van der Waals surface area (Å²) in [5.74, 6) is -0.468. The van der Waals surface area contributed by atoms with Crippen molar-refractivity contribution in [3.63, 3.8) is 0 Å². The van der Waals surface area contributed by atoms with Gasteiger partial charge in [-0.15, -0.1) is 0 Å². The second-order valence-corrected chi connectivity index (χ2v) is 4.62. The summed E-state index contributed by atoms with van der Waals surface area (Å²) in [6, 6.07) is 14.1. The normalized spacial score (nSPS) is 9.80. The van der Waals surface area contributed by atoms with Gasteiger partial charge in [-0.05, 0) is 35.9 Å². The van der Waals surface area contributed by atoms with Crippen LogP contribution < -0.4 is 11.1 Å². The number of nitriles is 1. The summed E-state index contributed by atoms with van der Waals surface area (Å²) < 4.78 is 0. The molecule has 3 N–H and O–H groups in total. The average Bonchev–Trinajstić information content (AvgIpc) is 2.46. The number of benzene rings is 2. The molecule has 0 fully saturated rings. The summed E-state index contributed by atoms with van der Waals surface area (Å²) in [7, 11) is 0. The van der Waals surface area contributed by atoms with Crippen molar-refractivity contribution >= 4 is 23.2 Å². The van der Waals surface area contributed by atoms with E-state index in [0.717, 1.165) is 11.3 Å². The fraction of sp³-hybridized carbons (Fsp3) is 0.0667. The van der Waals surface area contributed by atoms with E-state index in [4.69, 9.17) is 22.6 Å². The molecule has 0 unspecified atom stereocenters. The van der Waals surface area contributed by atoms with Crippen LogP contribution in [0.4, 0.5) is 5.69 Å². The van der Waals surface area contributed by atoms with Crippen molar-refractivity contribution in [1.82, 2.24) is 0 Å². The van der Waals surface area contributed by atoms with Crippen LogP contribution >= 0.6 is 11.6 Å². The molecule has 100 valence electrons. The summed E-state index contributed by atoms with van der Waals surface area (Å²) in [4.78, 5) is 11.1. The highest BCUT2D eigenvalue weighted by atomic mass is 35.5. The molecule has 0 aliphatic rings. The fourth-order valence-electron chi connectivity index (χ4n) is 1.74. The van der Waals surface area contributed by atoms with Gasteiger partial charge in [0.15, 0.2) is 0 Å². The zero-order valence-electron chi connectivity index (χ0n) is 10.6. The first-order chi connectivity index (χ1) is 9.60. The number of amides is 1. The summed E-state index contributed by atoms with van der Waals surface area (Å²) in [6.45, 7) is 0.493. The Morgan fingerprint density at radius 2 is 2.10 bits per heavy atom. The number of nitrogens with two attached hydrogens (primary N) is 1. The van der Waals surface area contributed by atoms with E-state index in [9.17, 15) is 4.79 Å². The molecule has 0 aliphatic heterocycles. The second kappa shape index (κ2) is 6.09. The Morgan fingerprint density at radius 3 is 2.75 bits per heavy atom. The van der Waals surface area contributed by atoms with E-state index < -0.39 is 5.91 Å². The number of primary amides is 1. The highest BCUT2D eigenvalue weighted by Gasteiger charge is 2.04. The Hall–Kier alpha value is -2.51. The van der Waals surface area contributed by atoms with Gasteiger partial charge in [0, 0.05) is 22.8 Å². The zero-order chi connectivity index (χ0) is 14.5. The van der Waals surface area contributed by atoms with Gasteiger partial charge in [0.2, 0.25) is 5.91 Å². The predicted molar refractivity (Wildman–Crippen MR) is 78.5 cm³/mol. The van der Waals surface area contributed by atoms with Crippen LogP contribution in [0.5, 0.6) is 0 Å². The van der Waals surface area contributed by atoms with Crippen LogP contribution in [0.15, 0.2) is 42.5 Å². The first-order valence-corrected chi connectivity index (χ1v) is 6.30. The quantitative estimate of drug-likeness (QED) is 0.906. The van der Waals surface area contributed by atoms with Crippen molar-refractivity contribution in [2.24, 2.45) is 5.73 Å². The topological polar surface area (TPSA) is 78.9 Å². The van der Waals surface area contributed by atoms with Gasteiger partial charge >= 0.3 is 0 Å². The van der Waals surface area contributed by atoms with Gasteiger partial charge in [-0.2, -0.15) is 5.26 Å². The number of hydrogen-bond acceptors (Lipinski definition) is 3. The van der Waals surface area contributed by atoms with Crippen LogP contribution in [-0.2, 0) is 6.54 Å². The van der Waals surface area contributed by atoms with Crippen LogP contribution in [0.25, 0.3) is 0 Å². The summed E-state index contributed by atoms with van der Waals surface area (Å²) >= 11 is 6.09. The number of nitrogens with zero attached hydrogens (tertiary/aromatic N) is 1. The van der Waals surface area contributed by atoms with Crippen LogP contribution in [0.1, 0.15) is 21.5 Å². The molecule has 0 bridgehead atoms. The predicted octanol–water partition coefficient (Wildman–Crippen LogP) is 2.92. The minimum atomic E-state index is -0.468. The molecule has 2 aromatic rings. The van der Waals surface area contributed by atoms with E-state index in [-0.39, 0.29) is 0 Å². The zero-order valence-corrected chi connectivity index (χ0v) is 11.3. The minimum absolute atomic E-state index is 0.445. The average molecular weight is 286 g/mol. The second-order valence-electron chi connectivity index (χ2n) is 4.22. The lowest BCUT2D eigenvalue weighted by Gasteiger charge is -2.09. The van der Waals surface area contributed by atoms with Gasteiger partial charge in [-0.25, -0.2) is 0 Å². The molecule has 0 saturated heterocycles. The highest BCUT2D eigenvalue weighted by molar-refractivity contribution is 6.31. The Morgan fingerprint density at radius 1 is 1.30 bits per heavy atom. The van der Waals surface area contributed by atoms with E-state index in [0.29, 0.717) is 22.7 Å². The molecule has 0 saturated carbocycles. The fourth-order valence-corrected chi connectivity index (χ4v) is 1.99. The third-order valence-corrected chi connectivity index (χ3v) is 3.16. The molecule has 5 heteroatoms. The van der Waals surface area contributed by atoms with E-state index in [1.165, 1.54) is 0 Å². The highest BCUT2D eigenvalue weighted by Crippen LogP contribution is 2.19. The largest absolute Gasteiger partial charge is 0.381 e. The van der Waals surface area contributed by atoms with E-state index in [1.54, 1.807) is 36.4 Å². The van der Waals surface area contributed by atoms with Crippen molar-refractivity contribution in [1.29, 1.82) is 5.26 Å². The van der Waals surface area contributed by atoms with Crippen molar-refractivity contribution < 1.29 is 4.79 Å². The molecule has 0 aliphatic carbocycles. The minimum Gasteiger partial charge on any atom is -0.381 e. The monoisotopic (exact) mass is 285 g/mol. The number of carbonyl (C=O) groups is 1. The van der Waals surface area contributed by atoms with E-state index in [1.807, 2.05) is 12.1 Å². The molecular weight excluding hydrogens is 274 g/mol. The van der Waals surface area contributed by atoms with Crippen LogP contribution in [-0.4, -0.2) is 5.91 Å². The van der Waals surface area contributed by atoms with Crippen molar-refractivity contribution in [2.45, 2.75) is 6.54 Å². The SMILES string of the molecule is N#Cc1ccc(CNc2cccc(C(N)=O)c2)c(Cl)c1. The van der Waals surface area contributed by atoms with Crippen LogP contribution in [0.2, 0.25) is 5.02 Å². The first-order valence-electron chi connectivity index (χ1n) is 5.92. The van der Waals surface area contributed by atoms with Crippen molar-refractivity contribution in [2.75, 3.05) is 5.32 Å². The molecule has 0 heterocycles. The number of nitrogens with one attached hydrogen (secondary N) is 1. The van der Waals surface area contributed by atoms with Crippen molar-refractivity contribution in [3.8, 4) is 6.07 Å². The summed E-state index contributed by atoms with van der Waals surface area (Å²) in [6.07, 6.45) is 0. The Balaban J connectivity index is 2.11. The third kappa shape index (κ3) is 3.28. The number of halogens is 1. The molecule has 0 aromatic heterocycles. The number of rotatable bonds is 4. The van der Waals surface area contributed by atoms with Gasteiger partial charge in [0.05, 0.1) is 11.6 Å². The molecule has 1 amide bonds. The first kappa shape index (κ1) is 13.9. The van der Waals surface area contributed by atoms with Crippen LogP contribution in [0.3, 0.4) is 0 Å². The molecule has 0 spiro atoms. The Bertz CT molecular complexity index is 692. The van der Waals surface area contributed by atoms with Crippen molar-refractivity contribution in [3.05, 3.63) is 64.2 Å². The molecule has 0 radical (unpaired) electrons. The summed E-state index contributed by atoms with van der Waals surface area (Å²) in [5, 5.41) is 12.5. The molecule has 4 nitrogen and oxygen atoms in total. The lowest BCUT2D eigenvalue weighted by molar-refractivity contribution is 0.100. The number of hydrogen-bond donors (Lipinski definition) is 2. The maximum absolute atomic E-state index is 11.1. The van der Waals surface area contributed by atoms with Gasteiger partial charge < -0.3 is 11.1 Å². The molecular formula is C15H12ClN3O. The molecule has 20 heavy (non-hydrogen) atoms. The Kier molecular flexibility index (Phi) is 4.24. The van der Waals surface area contributed by atoms with Gasteiger partial charge in [-0.3, -0.25) is 4.79 Å². The molecule has 2 rings (SSSR count).